The normalized spacial score (nSPS) is 25.4. The average Bonchev–Trinajstić information content (AvgIpc) is 2.53. The molecular weight excluding hydrogens is 270 g/mol. The number of piperidine rings is 2. The van der Waals surface area contributed by atoms with Crippen molar-refractivity contribution in [3.63, 3.8) is 0 Å². The highest BCUT2D eigenvalue weighted by Crippen LogP contribution is 2.16. The van der Waals surface area contributed by atoms with Crippen LogP contribution in [0.3, 0.4) is 0 Å². The fourth-order valence-corrected chi connectivity index (χ4v) is 3.20. The van der Waals surface area contributed by atoms with Crippen LogP contribution in [0.1, 0.15) is 39.0 Å². The molecule has 2 rings (SSSR count). The molecule has 2 aliphatic rings. The molecule has 2 saturated heterocycles. The summed E-state index contributed by atoms with van der Waals surface area (Å²) in [6.07, 6.45) is 5.23. The summed E-state index contributed by atoms with van der Waals surface area (Å²) in [5, 5.41) is 12.0. The van der Waals surface area contributed by atoms with Crippen LogP contribution in [0.5, 0.6) is 0 Å². The number of hydrogen-bond acceptors (Lipinski definition) is 3. The van der Waals surface area contributed by atoms with E-state index in [1.807, 2.05) is 0 Å². The van der Waals surface area contributed by atoms with Crippen molar-refractivity contribution in [1.82, 2.24) is 15.1 Å². The van der Waals surface area contributed by atoms with Gasteiger partial charge in [0.15, 0.2) is 0 Å². The molecule has 2 unspecified atom stereocenters. The molecule has 0 spiro atoms. The zero-order valence-electron chi connectivity index (χ0n) is 12.9. The fraction of sp³-hybridized carbons (Fsp3) is 0.867. The Morgan fingerprint density at radius 3 is 2.57 bits per heavy atom. The number of urea groups is 1. The van der Waals surface area contributed by atoms with E-state index in [0.717, 1.165) is 19.5 Å². The first kappa shape index (κ1) is 16.1. The van der Waals surface area contributed by atoms with Gasteiger partial charge in [0.1, 0.15) is 0 Å². The number of rotatable bonds is 4. The highest BCUT2D eigenvalue weighted by Gasteiger charge is 2.28. The van der Waals surface area contributed by atoms with Gasteiger partial charge in [-0.05, 0) is 45.7 Å². The molecule has 0 aromatic carbocycles. The first-order valence-electron chi connectivity index (χ1n) is 8.07. The Kier molecular flexibility index (Phi) is 5.85. The van der Waals surface area contributed by atoms with E-state index < -0.39 is 11.9 Å². The van der Waals surface area contributed by atoms with Crippen molar-refractivity contribution in [3.8, 4) is 0 Å². The van der Waals surface area contributed by atoms with Crippen LogP contribution in [0, 0.1) is 5.92 Å². The Bertz CT molecular complexity index is 369. The van der Waals surface area contributed by atoms with E-state index in [1.54, 1.807) is 4.90 Å². The summed E-state index contributed by atoms with van der Waals surface area (Å²) in [7, 11) is 0. The topological polar surface area (TPSA) is 72.9 Å². The fourth-order valence-electron chi connectivity index (χ4n) is 3.20. The lowest BCUT2D eigenvalue weighted by Gasteiger charge is -2.34. The average molecular weight is 297 g/mol. The van der Waals surface area contributed by atoms with Gasteiger partial charge in [-0.2, -0.15) is 0 Å². The van der Waals surface area contributed by atoms with E-state index in [4.69, 9.17) is 5.11 Å². The quantitative estimate of drug-likeness (QED) is 0.822. The van der Waals surface area contributed by atoms with E-state index in [1.165, 1.54) is 19.3 Å². The lowest BCUT2D eigenvalue weighted by Crippen LogP contribution is -2.50. The van der Waals surface area contributed by atoms with Gasteiger partial charge in [0.2, 0.25) is 0 Å². The van der Waals surface area contributed by atoms with Crippen LogP contribution in [0.15, 0.2) is 0 Å². The minimum Gasteiger partial charge on any atom is -0.481 e. The third-order valence-electron chi connectivity index (χ3n) is 4.62. The van der Waals surface area contributed by atoms with E-state index in [0.29, 0.717) is 32.1 Å². The van der Waals surface area contributed by atoms with Crippen LogP contribution in [-0.2, 0) is 4.79 Å². The third kappa shape index (κ3) is 4.59. The lowest BCUT2D eigenvalue weighted by atomic mass is 9.99. The summed E-state index contributed by atoms with van der Waals surface area (Å²) in [6, 6.07) is 0.221. The Morgan fingerprint density at radius 1 is 1.19 bits per heavy atom. The van der Waals surface area contributed by atoms with Gasteiger partial charge in [-0.15, -0.1) is 0 Å². The van der Waals surface area contributed by atoms with Crippen molar-refractivity contribution in [2.75, 3.05) is 32.7 Å². The predicted molar refractivity (Wildman–Crippen MR) is 80.2 cm³/mol. The van der Waals surface area contributed by atoms with Gasteiger partial charge >= 0.3 is 12.0 Å². The molecule has 0 aromatic heterocycles. The smallest absolute Gasteiger partial charge is 0.317 e. The summed E-state index contributed by atoms with van der Waals surface area (Å²) in [4.78, 5) is 27.2. The van der Waals surface area contributed by atoms with Crippen molar-refractivity contribution in [2.45, 2.75) is 45.1 Å². The number of nitrogens with one attached hydrogen (secondary N) is 1. The number of likely N-dealkylation sites (tertiary alicyclic amines) is 2. The van der Waals surface area contributed by atoms with Crippen molar-refractivity contribution in [1.29, 1.82) is 0 Å². The van der Waals surface area contributed by atoms with Gasteiger partial charge in [-0.1, -0.05) is 6.42 Å². The second-order valence-electron chi connectivity index (χ2n) is 6.26. The Hall–Kier alpha value is -1.30. The number of carbonyl (C=O) groups is 2. The van der Waals surface area contributed by atoms with Crippen molar-refractivity contribution < 1.29 is 14.7 Å². The maximum Gasteiger partial charge on any atom is 0.317 e. The Morgan fingerprint density at radius 2 is 1.90 bits per heavy atom. The van der Waals surface area contributed by atoms with E-state index in [2.05, 4.69) is 17.1 Å². The molecule has 2 N–H and O–H groups in total. The van der Waals surface area contributed by atoms with Crippen LogP contribution in [0.2, 0.25) is 0 Å². The molecule has 0 aromatic rings. The van der Waals surface area contributed by atoms with E-state index >= 15 is 0 Å². The molecule has 2 aliphatic heterocycles. The molecular formula is C15H27N3O3. The van der Waals surface area contributed by atoms with Crippen LogP contribution in [0.4, 0.5) is 4.79 Å². The monoisotopic (exact) mass is 297 g/mol. The first-order valence-corrected chi connectivity index (χ1v) is 8.07. The molecule has 6 nitrogen and oxygen atoms in total. The summed E-state index contributed by atoms with van der Waals surface area (Å²) < 4.78 is 0. The highest BCUT2D eigenvalue weighted by atomic mass is 16.4. The maximum absolute atomic E-state index is 12.2. The summed E-state index contributed by atoms with van der Waals surface area (Å²) in [5.74, 6) is -1.21. The SMILES string of the molecule is CC(CNC(=O)N1CCCC(C(=O)O)C1)N1CCCCC1. The number of aliphatic carboxylic acids is 1. The molecule has 0 bridgehead atoms. The van der Waals surface area contributed by atoms with E-state index in [-0.39, 0.29) is 6.03 Å². The minimum absolute atomic E-state index is 0.121. The third-order valence-corrected chi connectivity index (χ3v) is 4.62. The number of carbonyl (C=O) groups excluding carboxylic acids is 1. The zero-order chi connectivity index (χ0) is 15.2. The number of amides is 2. The molecule has 0 aliphatic carbocycles. The largest absolute Gasteiger partial charge is 0.481 e. The summed E-state index contributed by atoms with van der Waals surface area (Å²) in [6.45, 7) is 5.99. The number of hydrogen-bond donors (Lipinski definition) is 2. The number of carboxylic acids is 1. The molecule has 0 saturated carbocycles. The number of carboxylic acid groups (broad SMARTS) is 1. The van der Waals surface area contributed by atoms with Gasteiger partial charge in [0.25, 0.3) is 0 Å². The zero-order valence-corrected chi connectivity index (χ0v) is 12.9. The van der Waals surface area contributed by atoms with Crippen LogP contribution < -0.4 is 5.32 Å². The molecule has 6 heteroatoms. The lowest BCUT2D eigenvalue weighted by molar-refractivity contribution is -0.143. The van der Waals surface area contributed by atoms with Gasteiger partial charge in [-0.25, -0.2) is 4.79 Å². The van der Waals surface area contributed by atoms with Gasteiger partial charge < -0.3 is 15.3 Å². The van der Waals surface area contributed by atoms with Crippen molar-refractivity contribution >= 4 is 12.0 Å². The molecule has 2 atom stereocenters. The van der Waals surface area contributed by atoms with Crippen LogP contribution in [-0.4, -0.2) is 65.7 Å². The summed E-state index contributed by atoms with van der Waals surface area (Å²) in [5.41, 5.74) is 0. The Labute approximate surface area is 126 Å². The molecule has 21 heavy (non-hydrogen) atoms. The van der Waals surface area contributed by atoms with E-state index in [9.17, 15) is 9.59 Å². The number of nitrogens with zero attached hydrogens (tertiary/aromatic N) is 2. The Balaban J connectivity index is 1.74. The second kappa shape index (κ2) is 7.64. The summed E-state index contributed by atoms with van der Waals surface area (Å²) >= 11 is 0. The first-order chi connectivity index (χ1) is 10.1. The van der Waals surface area contributed by atoms with Gasteiger partial charge in [0, 0.05) is 25.7 Å². The second-order valence-corrected chi connectivity index (χ2v) is 6.26. The van der Waals surface area contributed by atoms with Crippen molar-refractivity contribution in [2.24, 2.45) is 5.92 Å². The molecule has 120 valence electrons. The standard InChI is InChI=1S/C15H27N3O3/c1-12(17-7-3-2-4-8-17)10-16-15(21)18-9-5-6-13(11-18)14(19)20/h12-13H,2-11H2,1H3,(H,16,21)(H,19,20). The molecule has 0 radical (unpaired) electrons. The maximum atomic E-state index is 12.2. The minimum atomic E-state index is -0.797. The van der Waals surface area contributed by atoms with Crippen LogP contribution >= 0.6 is 0 Å². The van der Waals surface area contributed by atoms with Gasteiger partial charge in [0.05, 0.1) is 5.92 Å². The molecule has 2 fully saturated rings. The van der Waals surface area contributed by atoms with Crippen molar-refractivity contribution in [3.05, 3.63) is 0 Å². The predicted octanol–water partition coefficient (Wildman–Crippen LogP) is 1.37. The highest BCUT2D eigenvalue weighted by molar-refractivity contribution is 5.76. The molecule has 2 heterocycles. The van der Waals surface area contributed by atoms with Gasteiger partial charge in [-0.3, -0.25) is 9.69 Å². The van der Waals surface area contributed by atoms with Crippen LogP contribution in [0.25, 0.3) is 0 Å². The molecule has 2 amide bonds.